The second kappa shape index (κ2) is 4.25. The number of carbonyl (C=O) groups is 1. The number of hydrogen-bond acceptors (Lipinski definition) is 3. The van der Waals surface area contributed by atoms with Crippen LogP contribution in [-0.4, -0.2) is 23.3 Å². The van der Waals surface area contributed by atoms with E-state index in [2.05, 4.69) is 4.99 Å². The summed E-state index contributed by atoms with van der Waals surface area (Å²) in [6.45, 7) is 4.78. The van der Waals surface area contributed by atoms with Crippen LogP contribution in [0.5, 0.6) is 0 Å². The lowest BCUT2D eigenvalue weighted by molar-refractivity contribution is 0.207. The molecule has 1 aliphatic rings. The van der Waals surface area contributed by atoms with Gasteiger partial charge in [0.25, 0.3) is 0 Å². The number of amides is 2. The number of rotatable bonds is 3. The average molecular weight is 237 g/mol. The fourth-order valence-corrected chi connectivity index (χ4v) is 2.96. The highest BCUT2D eigenvalue weighted by molar-refractivity contribution is 7.10. The average Bonchev–Trinajstić information content (AvgIpc) is 2.73. The van der Waals surface area contributed by atoms with Crippen LogP contribution in [0.4, 0.5) is 4.79 Å². The quantitative estimate of drug-likeness (QED) is 0.877. The molecule has 0 fully saturated rings. The summed E-state index contributed by atoms with van der Waals surface area (Å²) in [4.78, 5) is 18.4. The molecule has 1 aliphatic heterocycles. The molecule has 4 nitrogen and oxygen atoms in total. The molecule has 2 heterocycles. The van der Waals surface area contributed by atoms with E-state index in [0.29, 0.717) is 12.4 Å². The molecule has 0 aliphatic carbocycles. The van der Waals surface area contributed by atoms with Gasteiger partial charge < -0.3 is 10.6 Å². The zero-order chi connectivity index (χ0) is 11.7. The van der Waals surface area contributed by atoms with E-state index >= 15 is 0 Å². The Morgan fingerprint density at radius 2 is 2.38 bits per heavy atom. The molecule has 2 rings (SSSR count). The Kier molecular flexibility index (Phi) is 2.96. The van der Waals surface area contributed by atoms with Gasteiger partial charge in [0.2, 0.25) is 0 Å². The highest BCUT2D eigenvalue weighted by atomic mass is 32.1. The Hall–Kier alpha value is -1.36. The number of urea groups is 1. The van der Waals surface area contributed by atoms with E-state index in [1.54, 1.807) is 16.2 Å². The highest BCUT2D eigenvalue weighted by Crippen LogP contribution is 2.32. The summed E-state index contributed by atoms with van der Waals surface area (Å²) in [7, 11) is 0. The molecule has 0 radical (unpaired) electrons. The summed E-state index contributed by atoms with van der Waals surface area (Å²) in [5, 5.41) is 2.02. The SMILES string of the molecule is CCCN1C(=O)N=C(N)C1c1sccc1C. The van der Waals surface area contributed by atoms with E-state index in [9.17, 15) is 4.79 Å². The first kappa shape index (κ1) is 11.1. The predicted octanol–water partition coefficient (Wildman–Crippen LogP) is 2.30. The second-order valence-electron chi connectivity index (χ2n) is 3.88. The van der Waals surface area contributed by atoms with Crippen molar-refractivity contribution >= 4 is 23.2 Å². The molecular weight excluding hydrogens is 222 g/mol. The summed E-state index contributed by atoms with van der Waals surface area (Å²) >= 11 is 1.63. The van der Waals surface area contributed by atoms with Gasteiger partial charge in [-0.25, -0.2) is 4.79 Å². The second-order valence-corrected chi connectivity index (χ2v) is 4.83. The van der Waals surface area contributed by atoms with E-state index in [4.69, 9.17) is 5.73 Å². The molecule has 2 amide bonds. The van der Waals surface area contributed by atoms with Crippen molar-refractivity contribution in [1.82, 2.24) is 4.90 Å². The molecule has 0 saturated heterocycles. The van der Waals surface area contributed by atoms with Gasteiger partial charge in [-0.3, -0.25) is 0 Å². The first-order valence-electron chi connectivity index (χ1n) is 5.33. The van der Waals surface area contributed by atoms with Gasteiger partial charge in [0.15, 0.2) is 0 Å². The maximum absolute atomic E-state index is 11.7. The first-order valence-corrected chi connectivity index (χ1v) is 6.21. The number of thiophene rings is 1. The van der Waals surface area contributed by atoms with Crippen LogP contribution < -0.4 is 5.73 Å². The Bertz CT molecular complexity index is 438. The molecule has 0 spiro atoms. The van der Waals surface area contributed by atoms with Crippen LogP contribution >= 0.6 is 11.3 Å². The standard InChI is InChI=1S/C11H15N3OS/c1-3-5-14-8(10(12)13-11(14)15)9-7(2)4-6-16-9/h4,6,8H,3,5H2,1-2H3,(H2,12,13,15). The minimum atomic E-state index is -0.211. The van der Waals surface area contributed by atoms with Crippen molar-refractivity contribution in [3.63, 3.8) is 0 Å². The number of aryl methyl sites for hydroxylation is 1. The molecular formula is C11H15N3OS. The minimum Gasteiger partial charge on any atom is -0.385 e. The van der Waals surface area contributed by atoms with Crippen molar-refractivity contribution < 1.29 is 4.79 Å². The van der Waals surface area contributed by atoms with Gasteiger partial charge in [-0.15, -0.1) is 11.3 Å². The Labute approximate surface area is 98.8 Å². The molecule has 0 saturated carbocycles. The summed E-state index contributed by atoms with van der Waals surface area (Å²) in [5.41, 5.74) is 7.01. The Morgan fingerprint density at radius 1 is 1.62 bits per heavy atom. The molecule has 1 unspecified atom stereocenters. The van der Waals surface area contributed by atoms with Gasteiger partial charge in [-0.1, -0.05) is 6.92 Å². The zero-order valence-corrected chi connectivity index (χ0v) is 10.3. The van der Waals surface area contributed by atoms with Crippen LogP contribution in [-0.2, 0) is 0 Å². The fraction of sp³-hybridized carbons (Fsp3) is 0.455. The number of amidine groups is 1. The summed E-state index contributed by atoms with van der Waals surface area (Å²) < 4.78 is 0. The molecule has 0 aromatic carbocycles. The molecule has 5 heteroatoms. The van der Waals surface area contributed by atoms with Gasteiger partial charge >= 0.3 is 6.03 Å². The van der Waals surface area contributed by atoms with Crippen molar-refractivity contribution in [2.45, 2.75) is 26.3 Å². The normalized spacial score (nSPS) is 20.4. The lowest BCUT2D eigenvalue weighted by Gasteiger charge is -2.23. The maximum atomic E-state index is 11.7. The smallest absolute Gasteiger partial charge is 0.346 e. The Morgan fingerprint density at radius 3 is 2.94 bits per heavy atom. The number of nitrogens with zero attached hydrogens (tertiary/aromatic N) is 2. The molecule has 16 heavy (non-hydrogen) atoms. The zero-order valence-electron chi connectivity index (χ0n) is 9.43. The van der Waals surface area contributed by atoms with Crippen molar-refractivity contribution in [3.05, 3.63) is 21.9 Å². The van der Waals surface area contributed by atoms with Crippen LogP contribution in [0.1, 0.15) is 29.8 Å². The summed E-state index contributed by atoms with van der Waals surface area (Å²) in [5.74, 6) is 0.420. The van der Waals surface area contributed by atoms with Crippen molar-refractivity contribution in [2.24, 2.45) is 10.7 Å². The van der Waals surface area contributed by atoms with Gasteiger partial charge in [-0.05, 0) is 30.4 Å². The molecule has 86 valence electrons. The topological polar surface area (TPSA) is 58.7 Å². The lowest BCUT2D eigenvalue weighted by atomic mass is 10.1. The van der Waals surface area contributed by atoms with E-state index in [1.165, 1.54) is 5.56 Å². The summed E-state index contributed by atoms with van der Waals surface area (Å²) in [6, 6.07) is 1.69. The third-order valence-electron chi connectivity index (χ3n) is 2.68. The first-order chi connectivity index (χ1) is 7.65. The van der Waals surface area contributed by atoms with Gasteiger partial charge in [0.05, 0.1) is 0 Å². The van der Waals surface area contributed by atoms with Crippen LogP contribution in [0.15, 0.2) is 16.4 Å². The molecule has 0 bridgehead atoms. The Balaban J connectivity index is 2.35. The van der Waals surface area contributed by atoms with E-state index in [1.807, 2.05) is 25.3 Å². The minimum absolute atomic E-state index is 0.146. The third kappa shape index (κ3) is 1.71. The fourth-order valence-electron chi connectivity index (χ4n) is 1.91. The monoisotopic (exact) mass is 237 g/mol. The lowest BCUT2D eigenvalue weighted by Crippen LogP contribution is -2.33. The largest absolute Gasteiger partial charge is 0.385 e. The maximum Gasteiger partial charge on any atom is 0.346 e. The summed E-state index contributed by atoms with van der Waals surface area (Å²) in [6.07, 6.45) is 0.912. The molecule has 1 aromatic heterocycles. The van der Waals surface area contributed by atoms with Crippen LogP contribution in [0.25, 0.3) is 0 Å². The number of aliphatic imine (C=N–C) groups is 1. The van der Waals surface area contributed by atoms with Crippen LogP contribution in [0.3, 0.4) is 0 Å². The molecule has 1 atom stereocenters. The highest BCUT2D eigenvalue weighted by Gasteiger charge is 2.35. The third-order valence-corrected chi connectivity index (χ3v) is 3.75. The number of nitrogens with two attached hydrogens (primary N) is 1. The van der Waals surface area contributed by atoms with Crippen molar-refractivity contribution in [1.29, 1.82) is 0 Å². The number of hydrogen-bond donors (Lipinski definition) is 1. The van der Waals surface area contributed by atoms with Crippen molar-refractivity contribution in [2.75, 3.05) is 6.54 Å². The predicted molar refractivity (Wildman–Crippen MR) is 65.8 cm³/mol. The van der Waals surface area contributed by atoms with E-state index in [0.717, 1.165) is 11.3 Å². The molecule has 2 N–H and O–H groups in total. The van der Waals surface area contributed by atoms with Gasteiger partial charge in [0, 0.05) is 11.4 Å². The molecule has 1 aromatic rings. The number of carbonyl (C=O) groups excluding carboxylic acids is 1. The van der Waals surface area contributed by atoms with Crippen LogP contribution in [0, 0.1) is 6.92 Å². The van der Waals surface area contributed by atoms with E-state index < -0.39 is 0 Å². The van der Waals surface area contributed by atoms with E-state index in [-0.39, 0.29) is 12.1 Å². The van der Waals surface area contributed by atoms with Crippen LogP contribution in [0.2, 0.25) is 0 Å². The van der Waals surface area contributed by atoms with Gasteiger partial charge in [-0.2, -0.15) is 4.99 Å². The van der Waals surface area contributed by atoms with Gasteiger partial charge in [0.1, 0.15) is 11.9 Å². The van der Waals surface area contributed by atoms with Crippen molar-refractivity contribution in [3.8, 4) is 0 Å².